The molecule has 0 bridgehead atoms. The number of nitrogens with zero attached hydrogens (tertiary/aromatic N) is 3. The first-order chi connectivity index (χ1) is 10.3. The highest BCUT2D eigenvalue weighted by Crippen LogP contribution is 2.15. The summed E-state index contributed by atoms with van der Waals surface area (Å²) in [5.41, 5.74) is 5.36. The van der Waals surface area contributed by atoms with Crippen molar-refractivity contribution < 1.29 is 0 Å². The minimum atomic E-state index is 0.817. The van der Waals surface area contributed by atoms with E-state index >= 15 is 0 Å². The molecule has 0 unspecified atom stereocenters. The second kappa shape index (κ2) is 6.68. The van der Waals surface area contributed by atoms with Crippen LogP contribution in [0.4, 0.5) is 5.82 Å². The van der Waals surface area contributed by atoms with Gasteiger partial charge in [0, 0.05) is 37.0 Å². The maximum absolute atomic E-state index is 4.58. The summed E-state index contributed by atoms with van der Waals surface area (Å²) in [4.78, 5) is 7.08. The van der Waals surface area contributed by atoms with Gasteiger partial charge in [-0.15, -0.1) is 0 Å². The fourth-order valence-electron chi connectivity index (χ4n) is 2.73. The zero-order chi connectivity index (χ0) is 14.5. The second-order valence-corrected chi connectivity index (χ2v) is 5.52. The Morgan fingerprint density at radius 2 is 1.95 bits per heavy atom. The molecule has 110 valence electrons. The van der Waals surface area contributed by atoms with Gasteiger partial charge in [0.1, 0.15) is 5.82 Å². The van der Waals surface area contributed by atoms with E-state index < -0.39 is 0 Å². The van der Waals surface area contributed by atoms with Gasteiger partial charge in [-0.1, -0.05) is 25.1 Å². The fourth-order valence-corrected chi connectivity index (χ4v) is 2.73. The molecular formula is C17H22N4. The van der Waals surface area contributed by atoms with Gasteiger partial charge in [0.2, 0.25) is 0 Å². The van der Waals surface area contributed by atoms with Crippen molar-refractivity contribution in [2.45, 2.75) is 26.2 Å². The average molecular weight is 282 g/mol. The molecule has 21 heavy (non-hydrogen) atoms. The molecule has 1 saturated heterocycles. The van der Waals surface area contributed by atoms with Gasteiger partial charge in [0.05, 0.1) is 5.52 Å². The SMILES string of the molecule is CCCN1CCC(=NNc2ccc3ccccc3n2)CC1. The van der Waals surface area contributed by atoms with Crippen LogP contribution in [0.3, 0.4) is 0 Å². The van der Waals surface area contributed by atoms with Crippen LogP contribution < -0.4 is 5.43 Å². The van der Waals surface area contributed by atoms with Gasteiger partial charge in [0.15, 0.2) is 0 Å². The normalized spacial score (nSPS) is 16.1. The quantitative estimate of drug-likeness (QED) is 0.872. The van der Waals surface area contributed by atoms with Crippen LogP contribution in [0.2, 0.25) is 0 Å². The Morgan fingerprint density at radius 1 is 1.14 bits per heavy atom. The van der Waals surface area contributed by atoms with E-state index in [0.29, 0.717) is 0 Å². The topological polar surface area (TPSA) is 40.5 Å². The van der Waals surface area contributed by atoms with Crippen LogP contribution in [0.25, 0.3) is 10.9 Å². The smallest absolute Gasteiger partial charge is 0.146 e. The third kappa shape index (κ3) is 3.58. The van der Waals surface area contributed by atoms with Gasteiger partial charge >= 0.3 is 0 Å². The first-order valence-corrected chi connectivity index (χ1v) is 7.75. The van der Waals surface area contributed by atoms with Crippen molar-refractivity contribution in [2.75, 3.05) is 25.1 Å². The van der Waals surface area contributed by atoms with Crippen molar-refractivity contribution in [1.82, 2.24) is 9.88 Å². The molecule has 3 rings (SSSR count). The van der Waals surface area contributed by atoms with E-state index in [0.717, 1.165) is 42.7 Å². The van der Waals surface area contributed by atoms with Crippen LogP contribution in [0.15, 0.2) is 41.5 Å². The lowest BCUT2D eigenvalue weighted by molar-refractivity contribution is 0.275. The van der Waals surface area contributed by atoms with E-state index in [2.05, 4.69) is 39.5 Å². The number of hydrazone groups is 1. The van der Waals surface area contributed by atoms with Gasteiger partial charge in [-0.3, -0.25) is 5.43 Å². The number of hydrogen-bond donors (Lipinski definition) is 1. The van der Waals surface area contributed by atoms with Crippen molar-refractivity contribution in [3.8, 4) is 0 Å². The summed E-state index contributed by atoms with van der Waals surface area (Å²) in [7, 11) is 0. The molecule has 4 heteroatoms. The zero-order valence-electron chi connectivity index (χ0n) is 12.5. The van der Waals surface area contributed by atoms with E-state index in [4.69, 9.17) is 0 Å². The molecule has 0 aliphatic carbocycles. The van der Waals surface area contributed by atoms with Crippen LogP contribution in [0, 0.1) is 0 Å². The summed E-state index contributed by atoms with van der Waals surface area (Å²) in [6.45, 7) is 5.68. The number of likely N-dealkylation sites (tertiary alicyclic amines) is 1. The Balaban J connectivity index is 1.62. The Bertz CT molecular complexity index is 625. The van der Waals surface area contributed by atoms with Crippen molar-refractivity contribution >= 4 is 22.4 Å². The van der Waals surface area contributed by atoms with Crippen molar-refractivity contribution in [2.24, 2.45) is 5.10 Å². The summed E-state index contributed by atoms with van der Waals surface area (Å²) >= 11 is 0. The number of nitrogens with one attached hydrogen (secondary N) is 1. The highest BCUT2D eigenvalue weighted by molar-refractivity contribution is 5.86. The molecule has 1 aromatic carbocycles. The number of piperidine rings is 1. The molecule has 1 aromatic heterocycles. The molecule has 0 radical (unpaired) electrons. The first kappa shape index (κ1) is 14.0. The summed E-state index contributed by atoms with van der Waals surface area (Å²) in [5, 5.41) is 5.69. The van der Waals surface area contributed by atoms with Crippen LogP contribution in [0.1, 0.15) is 26.2 Å². The highest BCUT2D eigenvalue weighted by atomic mass is 15.3. The lowest BCUT2D eigenvalue weighted by atomic mass is 10.1. The number of aromatic nitrogens is 1. The molecule has 2 heterocycles. The van der Waals surface area contributed by atoms with Crippen molar-refractivity contribution in [3.63, 3.8) is 0 Å². The molecule has 0 saturated carbocycles. The summed E-state index contributed by atoms with van der Waals surface area (Å²) in [6, 6.07) is 12.2. The van der Waals surface area contributed by atoms with E-state index in [1.54, 1.807) is 0 Å². The predicted octanol–water partition coefficient (Wildman–Crippen LogP) is 3.51. The number of anilines is 1. The molecule has 1 N–H and O–H groups in total. The van der Waals surface area contributed by atoms with Gasteiger partial charge in [0.25, 0.3) is 0 Å². The van der Waals surface area contributed by atoms with E-state index in [9.17, 15) is 0 Å². The van der Waals surface area contributed by atoms with Gasteiger partial charge in [-0.25, -0.2) is 4.98 Å². The minimum Gasteiger partial charge on any atom is -0.303 e. The molecule has 1 fully saturated rings. The molecular weight excluding hydrogens is 260 g/mol. The third-order valence-corrected chi connectivity index (χ3v) is 3.90. The molecule has 4 nitrogen and oxygen atoms in total. The van der Waals surface area contributed by atoms with Gasteiger partial charge < -0.3 is 4.90 Å². The van der Waals surface area contributed by atoms with Crippen LogP contribution in [0.5, 0.6) is 0 Å². The molecule has 2 aromatic rings. The zero-order valence-corrected chi connectivity index (χ0v) is 12.5. The third-order valence-electron chi connectivity index (χ3n) is 3.90. The maximum Gasteiger partial charge on any atom is 0.146 e. The first-order valence-electron chi connectivity index (χ1n) is 7.75. The van der Waals surface area contributed by atoms with Crippen LogP contribution in [-0.2, 0) is 0 Å². The fraction of sp³-hybridized carbons (Fsp3) is 0.412. The largest absolute Gasteiger partial charge is 0.303 e. The Hall–Kier alpha value is -1.94. The molecule has 0 spiro atoms. The number of pyridine rings is 1. The molecule has 1 aliphatic heterocycles. The number of rotatable bonds is 4. The number of fused-ring (bicyclic) bond motifs is 1. The van der Waals surface area contributed by atoms with Crippen molar-refractivity contribution in [1.29, 1.82) is 0 Å². The summed E-state index contributed by atoms with van der Waals surface area (Å²) in [5.74, 6) is 0.817. The number of hydrogen-bond acceptors (Lipinski definition) is 4. The predicted molar refractivity (Wildman–Crippen MR) is 88.8 cm³/mol. The molecule has 1 aliphatic rings. The minimum absolute atomic E-state index is 0.817. The Labute approximate surface area is 125 Å². The van der Waals surface area contributed by atoms with Crippen LogP contribution >= 0.6 is 0 Å². The number of para-hydroxylation sites is 1. The lowest BCUT2D eigenvalue weighted by Crippen LogP contribution is -2.34. The van der Waals surface area contributed by atoms with Gasteiger partial charge in [-0.05, 0) is 31.2 Å². The van der Waals surface area contributed by atoms with Crippen molar-refractivity contribution in [3.05, 3.63) is 36.4 Å². The highest BCUT2D eigenvalue weighted by Gasteiger charge is 2.13. The maximum atomic E-state index is 4.58. The summed E-state index contributed by atoms with van der Waals surface area (Å²) in [6.07, 6.45) is 3.34. The Kier molecular flexibility index (Phi) is 4.46. The standard InChI is InChI=1S/C17H22N4/c1-2-11-21-12-9-15(10-13-21)19-20-17-8-7-14-5-3-4-6-16(14)18-17/h3-8H,2,9-13H2,1H3,(H,18,20). The van der Waals surface area contributed by atoms with E-state index in [1.807, 2.05) is 24.3 Å². The summed E-state index contributed by atoms with van der Waals surface area (Å²) < 4.78 is 0. The monoisotopic (exact) mass is 282 g/mol. The lowest BCUT2D eigenvalue weighted by Gasteiger charge is -2.26. The second-order valence-electron chi connectivity index (χ2n) is 5.52. The van der Waals surface area contributed by atoms with E-state index in [1.165, 1.54) is 18.7 Å². The Morgan fingerprint density at radius 3 is 2.76 bits per heavy atom. The average Bonchev–Trinajstić information content (AvgIpc) is 2.54. The molecule has 0 atom stereocenters. The number of benzene rings is 1. The van der Waals surface area contributed by atoms with Crippen LogP contribution in [-0.4, -0.2) is 35.2 Å². The van der Waals surface area contributed by atoms with E-state index in [-0.39, 0.29) is 0 Å². The molecule has 0 amide bonds. The van der Waals surface area contributed by atoms with Gasteiger partial charge in [-0.2, -0.15) is 5.10 Å².